The second kappa shape index (κ2) is 6.19. The van der Waals surface area contributed by atoms with Crippen molar-refractivity contribution in [2.45, 2.75) is 25.7 Å². The average Bonchev–Trinajstić information content (AvgIpc) is 2.56. The van der Waals surface area contributed by atoms with Crippen LogP contribution in [0.2, 0.25) is 0 Å². The van der Waals surface area contributed by atoms with Crippen molar-refractivity contribution in [3.8, 4) is 0 Å². The van der Waals surface area contributed by atoms with Crippen LogP contribution in [0, 0.1) is 0 Å². The Hall–Kier alpha value is -2.36. The van der Waals surface area contributed by atoms with E-state index in [9.17, 15) is 0 Å². The summed E-state index contributed by atoms with van der Waals surface area (Å²) in [5, 5.41) is 0. The molecule has 0 N–H and O–H groups in total. The first-order chi connectivity index (χ1) is 9.93. The lowest BCUT2D eigenvalue weighted by Gasteiger charge is -2.11. The summed E-state index contributed by atoms with van der Waals surface area (Å²) in [6, 6.07) is 7.80. The van der Waals surface area contributed by atoms with Gasteiger partial charge in [0, 0.05) is 24.8 Å². The van der Waals surface area contributed by atoms with E-state index in [4.69, 9.17) is 0 Å². The zero-order valence-corrected chi connectivity index (χ0v) is 11.2. The third-order valence-corrected chi connectivity index (χ3v) is 3.31. The largest absolute Gasteiger partial charge is 0.258 e. The van der Waals surface area contributed by atoms with Crippen LogP contribution in [-0.2, 0) is 12.8 Å². The van der Waals surface area contributed by atoms with Crippen molar-refractivity contribution in [2.75, 3.05) is 0 Å². The van der Waals surface area contributed by atoms with Crippen molar-refractivity contribution in [1.82, 2.24) is 19.9 Å². The highest BCUT2D eigenvalue weighted by Gasteiger charge is 2.09. The molecular weight excluding hydrogens is 248 g/mol. The van der Waals surface area contributed by atoms with Gasteiger partial charge in [0.2, 0.25) is 0 Å². The molecule has 0 radical (unpaired) electrons. The molecule has 0 atom stereocenters. The second-order valence-electron chi connectivity index (χ2n) is 4.70. The number of aryl methyl sites for hydroxylation is 2. The summed E-state index contributed by atoms with van der Waals surface area (Å²) in [6.45, 7) is 0. The number of hydrogen-bond donors (Lipinski definition) is 0. The van der Waals surface area contributed by atoms with Gasteiger partial charge in [-0.25, -0.2) is 0 Å². The number of benzene rings is 1. The lowest BCUT2D eigenvalue weighted by atomic mass is 10.0. The topological polar surface area (TPSA) is 51.6 Å². The van der Waals surface area contributed by atoms with Gasteiger partial charge in [0.25, 0.3) is 0 Å². The van der Waals surface area contributed by atoms with E-state index in [0.717, 1.165) is 23.9 Å². The third-order valence-electron chi connectivity index (χ3n) is 3.31. The molecule has 100 valence electrons. The molecular formula is C16H16N4. The Morgan fingerprint density at radius 3 is 1.55 bits per heavy atom. The van der Waals surface area contributed by atoms with Crippen LogP contribution in [0.3, 0.4) is 0 Å². The average molecular weight is 264 g/mol. The molecule has 2 aromatic heterocycles. The molecule has 4 nitrogen and oxygen atoms in total. The normalized spacial score (nSPS) is 13.2. The molecule has 1 aromatic carbocycles. The summed E-state index contributed by atoms with van der Waals surface area (Å²) in [5.41, 5.74) is 4.33. The molecule has 0 aliphatic heterocycles. The predicted molar refractivity (Wildman–Crippen MR) is 78.2 cm³/mol. The van der Waals surface area contributed by atoms with Crippen molar-refractivity contribution in [3.05, 3.63) is 60.4 Å². The van der Waals surface area contributed by atoms with Crippen LogP contribution < -0.4 is 0 Å². The molecule has 0 unspecified atom stereocenters. The molecule has 0 fully saturated rings. The van der Waals surface area contributed by atoms with Gasteiger partial charge in [-0.05, 0) is 37.8 Å². The standard InChI is InChI=1S/C8H10N2.C8H6N2/c2*1-2-4-8-7(3-1)9-5-6-10-8/h5-6H,1-4H2;1-6H. The van der Waals surface area contributed by atoms with Crippen LogP contribution in [0.25, 0.3) is 11.0 Å². The Morgan fingerprint density at radius 2 is 1.05 bits per heavy atom. The number of aromatic nitrogens is 4. The molecule has 20 heavy (non-hydrogen) atoms. The Labute approximate surface area is 118 Å². The minimum atomic E-state index is 0.949. The van der Waals surface area contributed by atoms with Gasteiger partial charge in [0.15, 0.2) is 0 Å². The van der Waals surface area contributed by atoms with Crippen molar-refractivity contribution < 1.29 is 0 Å². The zero-order chi connectivity index (χ0) is 13.6. The molecule has 0 saturated carbocycles. The highest BCUT2D eigenvalue weighted by atomic mass is 14.8. The lowest BCUT2D eigenvalue weighted by molar-refractivity contribution is 0.649. The van der Waals surface area contributed by atoms with E-state index in [2.05, 4.69) is 19.9 Å². The highest BCUT2D eigenvalue weighted by Crippen LogP contribution is 2.15. The summed E-state index contributed by atoms with van der Waals surface area (Å²) in [5.74, 6) is 0. The van der Waals surface area contributed by atoms with Crippen LogP contribution in [0.4, 0.5) is 0 Å². The van der Waals surface area contributed by atoms with Gasteiger partial charge in [0.1, 0.15) is 0 Å². The van der Waals surface area contributed by atoms with Gasteiger partial charge in [-0.15, -0.1) is 0 Å². The van der Waals surface area contributed by atoms with Gasteiger partial charge in [-0.3, -0.25) is 19.9 Å². The molecule has 0 saturated heterocycles. The Balaban J connectivity index is 0.000000121. The summed E-state index contributed by atoms with van der Waals surface area (Å²) in [7, 11) is 0. The first kappa shape index (κ1) is 12.7. The van der Waals surface area contributed by atoms with Gasteiger partial charge in [-0.1, -0.05) is 12.1 Å². The monoisotopic (exact) mass is 264 g/mol. The minimum Gasteiger partial charge on any atom is -0.258 e. The Bertz CT molecular complexity index is 606. The smallest absolute Gasteiger partial charge is 0.0886 e. The van der Waals surface area contributed by atoms with E-state index < -0.39 is 0 Å². The first-order valence-electron chi connectivity index (χ1n) is 6.88. The molecule has 4 heteroatoms. The first-order valence-corrected chi connectivity index (χ1v) is 6.88. The highest BCUT2D eigenvalue weighted by molar-refractivity contribution is 5.72. The van der Waals surface area contributed by atoms with Crippen LogP contribution in [0.1, 0.15) is 24.2 Å². The van der Waals surface area contributed by atoms with E-state index in [1.54, 1.807) is 24.8 Å². The number of rotatable bonds is 0. The molecule has 0 bridgehead atoms. The lowest BCUT2D eigenvalue weighted by Crippen LogP contribution is -2.06. The fourth-order valence-corrected chi connectivity index (χ4v) is 2.31. The molecule has 1 aliphatic carbocycles. The van der Waals surface area contributed by atoms with Crippen molar-refractivity contribution in [2.24, 2.45) is 0 Å². The van der Waals surface area contributed by atoms with E-state index in [1.165, 1.54) is 24.2 Å². The predicted octanol–water partition coefficient (Wildman–Crippen LogP) is 2.99. The minimum absolute atomic E-state index is 0.949. The molecule has 2 heterocycles. The van der Waals surface area contributed by atoms with Gasteiger partial charge < -0.3 is 0 Å². The summed E-state index contributed by atoms with van der Waals surface area (Å²) in [6.07, 6.45) is 11.8. The van der Waals surface area contributed by atoms with Crippen molar-refractivity contribution in [3.63, 3.8) is 0 Å². The number of hydrogen-bond acceptors (Lipinski definition) is 4. The Kier molecular flexibility index (Phi) is 3.92. The maximum absolute atomic E-state index is 4.26. The maximum atomic E-state index is 4.26. The summed E-state index contributed by atoms with van der Waals surface area (Å²) >= 11 is 0. The number of nitrogens with zero attached hydrogens (tertiary/aromatic N) is 4. The second-order valence-corrected chi connectivity index (χ2v) is 4.70. The van der Waals surface area contributed by atoms with Crippen LogP contribution in [-0.4, -0.2) is 19.9 Å². The zero-order valence-electron chi connectivity index (χ0n) is 11.2. The summed E-state index contributed by atoms with van der Waals surface area (Å²) in [4.78, 5) is 16.8. The van der Waals surface area contributed by atoms with E-state index in [-0.39, 0.29) is 0 Å². The van der Waals surface area contributed by atoms with E-state index >= 15 is 0 Å². The van der Waals surface area contributed by atoms with E-state index in [0.29, 0.717) is 0 Å². The SMILES string of the molecule is c1ccc2nccnc2c1.c1cnc2c(n1)CCCC2. The number of para-hydroxylation sites is 2. The Morgan fingerprint density at radius 1 is 0.600 bits per heavy atom. The van der Waals surface area contributed by atoms with Gasteiger partial charge >= 0.3 is 0 Å². The fourth-order valence-electron chi connectivity index (χ4n) is 2.31. The molecule has 4 rings (SSSR count). The quantitative estimate of drug-likeness (QED) is 0.626. The molecule has 3 aromatic rings. The maximum Gasteiger partial charge on any atom is 0.0886 e. The van der Waals surface area contributed by atoms with Gasteiger partial charge in [0.05, 0.1) is 22.4 Å². The number of fused-ring (bicyclic) bond motifs is 2. The molecule has 0 spiro atoms. The molecule has 1 aliphatic rings. The van der Waals surface area contributed by atoms with E-state index in [1.807, 2.05) is 24.3 Å². The van der Waals surface area contributed by atoms with Crippen LogP contribution in [0.15, 0.2) is 49.1 Å². The van der Waals surface area contributed by atoms with Crippen LogP contribution >= 0.6 is 0 Å². The van der Waals surface area contributed by atoms with Crippen molar-refractivity contribution in [1.29, 1.82) is 0 Å². The van der Waals surface area contributed by atoms with Gasteiger partial charge in [-0.2, -0.15) is 0 Å². The third kappa shape index (κ3) is 2.96. The van der Waals surface area contributed by atoms with Crippen molar-refractivity contribution >= 4 is 11.0 Å². The summed E-state index contributed by atoms with van der Waals surface area (Å²) < 4.78 is 0. The fraction of sp³-hybridized carbons (Fsp3) is 0.250. The molecule has 0 amide bonds. The van der Waals surface area contributed by atoms with Crippen LogP contribution in [0.5, 0.6) is 0 Å².